The summed E-state index contributed by atoms with van der Waals surface area (Å²) >= 11 is 0. The maximum atomic E-state index is 8.79. The van der Waals surface area contributed by atoms with Crippen molar-refractivity contribution in [2.45, 2.75) is 40.5 Å². The van der Waals surface area contributed by atoms with E-state index in [1.807, 2.05) is 62.4 Å². The number of nitriles is 2. The zero-order valence-electron chi connectivity index (χ0n) is 21.9. The summed E-state index contributed by atoms with van der Waals surface area (Å²) in [6.45, 7) is 8.15. The Hall–Kier alpha value is -4.08. The van der Waals surface area contributed by atoms with Gasteiger partial charge in [0.05, 0.1) is 0 Å². The van der Waals surface area contributed by atoms with Crippen LogP contribution in [0.2, 0.25) is 0 Å². The van der Waals surface area contributed by atoms with Gasteiger partial charge in [0.25, 0.3) is 0 Å². The standard InChI is InChI=1S/C32H37N3/c1-26(11-7-8-12-27(2)14-10-16-29(4)23-31(24-33)25-34)13-9-15-28(3)17-18-30-19-21-32(22-20-30)35(5)6/h7-16,19-23H,17-18H2,1-6H3/b8-7+,13-9+,14-10+,26-11+,27-12+,28-15+,29-16+. The number of rotatable bonds is 11. The molecule has 0 bridgehead atoms. The van der Waals surface area contributed by atoms with E-state index < -0.39 is 0 Å². The van der Waals surface area contributed by atoms with Crippen LogP contribution in [-0.4, -0.2) is 14.1 Å². The van der Waals surface area contributed by atoms with Crippen molar-refractivity contribution < 1.29 is 0 Å². The molecule has 1 rings (SSSR count). The highest BCUT2D eigenvalue weighted by atomic mass is 15.1. The molecule has 0 saturated heterocycles. The first-order valence-electron chi connectivity index (χ1n) is 11.7. The van der Waals surface area contributed by atoms with E-state index in [0.717, 1.165) is 24.0 Å². The topological polar surface area (TPSA) is 50.8 Å². The van der Waals surface area contributed by atoms with Crippen LogP contribution in [0, 0.1) is 22.7 Å². The molecule has 3 heteroatoms. The summed E-state index contributed by atoms with van der Waals surface area (Å²) in [7, 11) is 4.12. The first kappa shape index (κ1) is 29.0. The van der Waals surface area contributed by atoms with Gasteiger partial charge in [-0.05, 0) is 69.9 Å². The molecule has 0 amide bonds. The van der Waals surface area contributed by atoms with Gasteiger partial charge in [0.15, 0.2) is 0 Å². The monoisotopic (exact) mass is 463 g/mol. The molecule has 0 saturated carbocycles. The minimum absolute atomic E-state index is 0.107. The predicted octanol–water partition coefficient (Wildman–Crippen LogP) is 8.11. The van der Waals surface area contributed by atoms with Crippen molar-refractivity contribution in [3.05, 3.63) is 125 Å². The summed E-state index contributed by atoms with van der Waals surface area (Å²) in [5.41, 5.74) is 7.20. The molecule has 1 aromatic carbocycles. The first-order chi connectivity index (χ1) is 16.7. The molecule has 0 aliphatic heterocycles. The van der Waals surface area contributed by atoms with Crippen molar-refractivity contribution in [2.24, 2.45) is 0 Å². The van der Waals surface area contributed by atoms with Gasteiger partial charge in [0, 0.05) is 19.8 Å². The van der Waals surface area contributed by atoms with E-state index in [9.17, 15) is 0 Å². The third kappa shape index (κ3) is 13.3. The second-order valence-electron chi connectivity index (χ2n) is 8.69. The molecule has 1 aromatic rings. The fourth-order valence-corrected chi connectivity index (χ4v) is 2.99. The number of benzene rings is 1. The van der Waals surface area contributed by atoms with Crippen molar-refractivity contribution in [2.75, 3.05) is 19.0 Å². The Morgan fingerprint density at radius 3 is 1.77 bits per heavy atom. The van der Waals surface area contributed by atoms with Crippen LogP contribution in [0.1, 0.15) is 39.7 Å². The molecular weight excluding hydrogens is 426 g/mol. The van der Waals surface area contributed by atoms with Crippen molar-refractivity contribution in [1.29, 1.82) is 10.5 Å². The Balaban J connectivity index is 2.54. The second-order valence-corrected chi connectivity index (χ2v) is 8.69. The molecule has 0 aliphatic carbocycles. The molecule has 180 valence electrons. The molecular formula is C32H37N3. The zero-order valence-corrected chi connectivity index (χ0v) is 21.9. The van der Waals surface area contributed by atoms with E-state index >= 15 is 0 Å². The second kappa shape index (κ2) is 16.5. The van der Waals surface area contributed by atoms with Crippen molar-refractivity contribution in [1.82, 2.24) is 0 Å². The maximum absolute atomic E-state index is 8.79. The number of hydrogen-bond donors (Lipinski definition) is 0. The maximum Gasteiger partial charge on any atom is 0.129 e. The Morgan fingerprint density at radius 2 is 1.26 bits per heavy atom. The minimum Gasteiger partial charge on any atom is -0.378 e. The highest BCUT2D eigenvalue weighted by molar-refractivity contribution is 5.46. The Morgan fingerprint density at radius 1 is 0.743 bits per heavy atom. The number of aryl methyl sites for hydroxylation is 1. The normalized spacial score (nSPS) is 13.4. The lowest BCUT2D eigenvalue weighted by Gasteiger charge is -2.12. The summed E-state index contributed by atoms with van der Waals surface area (Å²) < 4.78 is 0. The predicted molar refractivity (Wildman–Crippen MR) is 151 cm³/mol. The molecule has 35 heavy (non-hydrogen) atoms. The van der Waals surface area contributed by atoms with Gasteiger partial charge in [-0.25, -0.2) is 0 Å². The van der Waals surface area contributed by atoms with Crippen molar-refractivity contribution in [3.8, 4) is 12.1 Å². The summed E-state index contributed by atoms with van der Waals surface area (Å²) in [5.74, 6) is 0. The van der Waals surface area contributed by atoms with Crippen molar-refractivity contribution in [3.63, 3.8) is 0 Å². The van der Waals surface area contributed by atoms with E-state index in [0.29, 0.717) is 0 Å². The average Bonchev–Trinajstić information content (AvgIpc) is 2.84. The smallest absolute Gasteiger partial charge is 0.129 e. The molecule has 0 N–H and O–H groups in total. The van der Waals surface area contributed by atoms with Crippen LogP contribution in [0.3, 0.4) is 0 Å². The van der Waals surface area contributed by atoms with Gasteiger partial charge in [-0.3, -0.25) is 0 Å². The third-order valence-electron chi connectivity index (χ3n) is 5.16. The number of allylic oxidation sites excluding steroid dienone is 16. The minimum atomic E-state index is 0.107. The van der Waals surface area contributed by atoms with E-state index in [2.05, 4.69) is 81.4 Å². The largest absolute Gasteiger partial charge is 0.378 e. The lowest BCUT2D eigenvalue weighted by atomic mass is 10.0. The van der Waals surface area contributed by atoms with E-state index in [1.54, 1.807) is 6.08 Å². The fraction of sp³-hybridized carbons (Fsp3) is 0.250. The zero-order chi connectivity index (χ0) is 26.1. The number of hydrogen-bond acceptors (Lipinski definition) is 3. The summed E-state index contributed by atoms with van der Waals surface area (Å²) in [5, 5.41) is 17.6. The molecule has 0 heterocycles. The molecule has 0 radical (unpaired) electrons. The van der Waals surface area contributed by atoms with Gasteiger partial charge in [-0.15, -0.1) is 0 Å². The SMILES string of the molecule is C\C(C=C(C#N)C#N)=C/C=C/C(C)=C/C=C/C=C(C)/C=C/C=C(\C)CCc1ccc(N(C)C)cc1. The Labute approximate surface area is 212 Å². The average molecular weight is 464 g/mol. The van der Waals surface area contributed by atoms with Crippen LogP contribution in [-0.2, 0) is 6.42 Å². The Bertz CT molecular complexity index is 1130. The lowest BCUT2D eigenvalue weighted by Crippen LogP contribution is -2.08. The molecule has 0 unspecified atom stereocenters. The van der Waals surface area contributed by atoms with Gasteiger partial charge < -0.3 is 4.90 Å². The van der Waals surface area contributed by atoms with Gasteiger partial charge in [-0.1, -0.05) is 89.6 Å². The van der Waals surface area contributed by atoms with Gasteiger partial charge in [0.1, 0.15) is 17.7 Å². The number of anilines is 1. The van der Waals surface area contributed by atoms with Gasteiger partial charge in [-0.2, -0.15) is 10.5 Å². The van der Waals surface area contributed by atoms with Gasteiger partial charge in [0.2, 0.25) is 0 Å². The fourth-order valence-electron chi connectivity index (χ4n) is 2.99. The van der Waals surface area contributed by atoms with Crippen LogP contribution < -0.4 is 4.90 Å². The highest BCUT2D eigenvalue weighted by Crippen LogP contribution is 2.15. The summed E-state index contributed by atoms with van der Waals surface area (Å²) in [4.78, 5) is 2.12. The van der Waals surface area contributed by atoms with Gasteiger partial charge >= 0.3 is 0 Å². The molecule has 0 atom stereocenters. The number of nitrogens with zero attached hydrogens (tertiary/aromatic N) is 3. The van der Waals surface area contributed by atoms with Crippen molar-refractivity contribution >= 4 is 5.69 Å². The van der Waals surface area contributed by atoms with Crippen LogP contribution in [0.5, 0.6) is 0 Å². The molecule has 0 fully saturated rings. The van der Waals surface area contributed by atoms with E-state index in [4.69, 9.17) is 10.5 Å². The highest BCUT2D eigenvalue weighted by Gasteiger charge is 1.97. The van der Waals surface area contributed by atoms with Crippen LogP contribution in [0.25, 0.3) is 0 Å². The molecule has 0 aromatic heterocycles. The lowest BCUT2D eigenvalue weighted by molar-refractivity contribution is 0.940. The first-order valence-corrected chi connectivity index (χ1v) is 11.7. The molecule has 3 nitrogen and oxygen atoms in total. The van der Waals surface area contributed by atoms with Crippen LogP contribution in [0.15, 0.2) is 119 Å². The van der Waals surface area contributed by atoms with Crippen LogP contribution in [0.4, 0.5) is 5.69 Å². The van der Waals surface area contributed by atoms with Crippen LogP contribution >= 0.6 is 0 Å². The van der Waals surface area contributed by atoms with E-state index in [1.165, 1.54) is 22.4 Å². The quantitative estimate of drug-likeness (QED) is 0.246. The summed E-state index contributed by atoms with van der Waals surface area (Å²) in [6.07, 6.45) is 24.0. The summed E-state index contributed by atoms with van der Waals surface area (Å²) in [6, 6.07) is 12.5. The van der Waals surface area contributed by atoms with E-state index in [-0.39, 0.29) is 5.57 Å². The molecule has 0 aliphatic rings. The third-order valence-corrected chi connectivity index (χ3v) is 5.16. The Kier molecular flexibility index (Phi) is 13.7. The molecule has 0 spiro atoms.